The van der Waals surface area contributed by atoms with E-state index in [0.717, 1.165) is 45.3 Å². The van der Waals surface area contributed by atoms with E-state index in [9.17, 15) is 18.0 Å². The summed E-state index contributed by atoms with van der Waals surface area (Å²) in [5.41, 5.74) is 1.33. The first-order chi connectivity index (χ1) is 13.6. The normalized spacial score (nSPS) is 22.9. The molecule has 2 aliphatic heterocycles. The number of rotatable bonds is 4. The Morgan fingerprint density at radius 1 is 1.34 bits per heavy atom. The van der Waals surface area contributed by atoms with Crippen molar-refractivity contribution in [1.82, 2.24) is 19.4 Å². The molecule has 1 N–H and O–H groups in total. The van der Waals surface area contributed by atoms with Crippen LogP contribution in [0.5, 0.6) is 0 Å². The van der Waals surface area contributed by atoms with Crippen molar-refractivity contribution in [3.63, 3.8) is 0 Å². The van der Waals surface area contributed by atoms with Gasteiger partial charge in [-0.25, -0.2) is 9.78 Å². The van der Waals surface area contributed by atoms with Crippen LogP contribution in [0.15, 0.2) is 25.2 Å². The molecule has 1 unspecified atom stereocenters. The van der Waals surface area contributed by atoms with E-state index < -0.39 is 12.1 Å². The van der Waals surface area contributed by atoms with Crippen molar-refractivity contribution in [3.05, 3.63) is 30.9 Å². The molecule has 0 bridgehead atoms. The minimum atomic E-state index is -5.08. The summed E-state index contributed by atoms with van der Waals surface area (Å²) < 4.78 is 33.8. The van der Waals surface area contributed by atoms with E-state index in [1.165, 1.54) is 5.69 Å². The van der Waals surface area contributed by atoms with Crippen molar-refractivity contribution >= 4 is 11.9 Å². The number of alkyl halides is 3. The van der Waals surface area contributed by atoms with Crippen LogP contribution in [-0.2, 0) is 23.2 Å². The SMILES string of the molecule is C=CCN1C(=O)CCC12CCCN(Cc1cncn1C)CC2.O=C(O)C(F)(F)F. The van der Waals surface area contributed by atoms with Gasteiger partial charge in [0.1, 0.15) is 0 Å². The fourth-order valence-electron chi connectivity index (χ4n) is 3.98. The number of carbonyl (C=O) groups is 2. The Morgan fingerprint density at radius 2 is 2.03 bits per heavy atom. The van der Waals surface area contributed by atoms with Crippen LogP contribution >= 0.6 is 0 Å². The van der Waals surface area contributed by atoms with E-state index in [2.05, 4.69) is 25.9 Å². The molecule has 0 aromatic carbocycles. The summed E-state index contributed by atoms with van der Waals surface area (Å²) in [6, 6.07) is 0. The van der Waals surface area contributed by atoms with Gasteiger partial charge in [0, 0.05) is 44.8 Å². The third-order valence-electron chi connectivity index (χ3n) is 5.54. The fraction of sp³-hybridized carbons (Fsp3) is 0.632. The van der Waals surface area contributed by atoms with Gasteiger partial charge in [0.15, 0.2) is 0 Å². The average molecular weight is 416 g/mol. The highest BCUT2D eigenvalue weighted by molar-refractivity contribution is 5.80. The van der Waals surface area contributed by atoms with Crippen LogP contribution in [0.3, 0.4) is 0 Å². The monoisotopic (exact) mass is 416 g/mol. The molecule has 10 heteroatoms. The summed E-state index contributed by atoms with van der Waals surface area (Å²) in [6.45, 7) is 7.61. The van der Waals surface area contributed by atoms with Gasteiger partial charge in [-0.1, -0.05) is 6.08 Å². The largest absolute Gasteiger partial charge is 0.490 e. The molecule has 7 nitrogen and oxygen atoms in total. The zero-order chi connectivity index (χ0) is 21.7. The predicted molar refractivity (Wildman–Crippen MR) is 99.9 cm³/mol. The van der Waals surface area contributed by atoms with Crippen LogP contribution in [-0.4, -0.2) is 67.7 Å². The second-order valence-electron chi connectivity index (χ2n) is 7.45. The second kappa shape index (κ2) is 9.43. The van der Waals surface area contributed by atoms with Crippen LogP contribution in [0.4, 0.5) is 13.2 Å². The van der Waals surface area contributed by atoms with Crippen LogP contribution in [0.1, 0.15) is 37.8 Å². The number of aromatic nitrogens is 2. The molecule has 2 fully saturated rings. The molecule has 3 rings (SSSR count). The number of nitrogens with zero attached hydrogens (tertiary/aromatic N) is 4. The summed E-state index contributed by atoms with van der Waals surface area (Å²) in [5.74, 6) is -2.45. The van der Waals surface area contributed by atoms with Crippen LogP contribution in [0.25, 0.3) is 0 Å². The van der Waals surface area contributed by atoms with Gasteiger partial charge in [-0.15, -0.1) is 6.58 Å². The Morgan fingerprint density at radius 3 is 2.59 bits per heavy atom. The molecule has 29 heavy (non-hydrogen) atoms. The maximum absolute atomic E-state index is 12.2. The Balaban J connectivity index is 0.000000370. The lowest BCUT2D eigenvalue weighted by atomic mass is 9.88. The van der Waals surface area contributed by atoms with Crippen LogP contribution < -0.4 is 0 Å². The van der Waals surface area contributed by atoms with Gasteiger partial charge in [-0.05, 0) is 32.2 Å². The highest BCUT2D eigenvalue weighted by Crippen LogP contribution is 2.39. The molecule has 1 atom stereocenters. The molecule has 1 amide bonds. The molecule has 2 aliphatic rings. The average Bonchev–Trinajstić information content (AvgIpc) is 3.09. The van der Waals surface area contributed by atoms with Crippen molar-refractivity contribution in [2.75, 3.05) is 19.6 Å². The molecule has 0 saturated carbocycles. The maximum atomic E-state index is 12.2. The zero-order valence-corrected chi connectivity index (χ0v) is 16.5. The number of aryl methyl sites for hydroxylation is 1. The number of carbonyl (C=O) groups excluding carboxylic acids is 1. The highest BCUT2D eigenvalue weighted by Gasteiger charge is 2.45. The maximum Gasteiger partial charge on any atom is 0.490 e. The first kappa shape index (κ1) is 22.9. The van der Waals surface area contributed by atoms with Crippen molar-refractivity contribution in [1.29, 1.82) is 0 Å². The summed E-state index contributed by atoms with van der Waals surface area (Å²) in [5, 5.41) is 7.12. The Bertz CT molecular complexity index is 735. The smallest absolute Gasteiger partial charge is 0.475 e. The number of hydrogen-bond donors (Lipinski definition) is 1. The number of hydrogen-bond acceptors (Lipinski definition) is 4. The standard InChI is InChI=1S/C17H26N4O.C2HF3O2/c1-3-9-21-16(22)5-7-17(21)6-4-10-20(11-8-17)13-15-12-18-14-19(15)2;3-2(4,5)1(6)7/h3,12,14H,1,4-11,13H2,2H3;(H,6,7). The van der Waals surface area contributed by atoms with Gasteiger partial charge >= 0.3 is 12.1 Å². The molecular weight excluding hydrogens is 389 g/mol. The third-order valence-corrected chi connectivity index (χ3v) is 5.54. The van der Waals surface area contributed by atoms with Gasteiger partial charge in [0.25, 0.3) is 0 Å². The Labute approximate surface area is 167 Å². The third kappa shape index (κ3) is 5.81. The van der Waals surface area contributed by atoms with Gasteiger partial charge in [0.05, 0.1) is 12.0 Å². The summed E-state index contributed by atoms with van der Waals surface area (Å²) in [7, 11) is 2.04. The minimum Gasteiger partial charge on any atom is -0.475 e. The van der Waals surface area contributed by atoms with E-state index in [0.29, 0.717) is 18.9 Å². The van der Waals surface area contributed by atoms with E-state index in [1.807, 2.05) is 25.6 Å². The summed E-state index contributed by atoms with van der Waals surface area (Å²) in [6.07, 6.45) is 5.65. The van der Waals surface area contributed by atoms with Gasteiger partial charge < -0.3 is 14.6 Å². The highest BCUT2D eigenvalue weighted by atomic mass is 19.4. The molecule has 3 heterocycles. The first-order valence-corrected chi connectivity index (χ1v) is 9.48. The second-order valence-corrected chi connectivity index (χ2v) is 7.45. The Kier molecular flexibility index (Phi) is 7.45. The number of likely N-dealkylation sites (tertiary alicyclic amines) is 2. The molecule has 0 radical (unpaired) electrons. The van der Waals surface area contributed by atoms with Crippen LogP contribution in [0.2, 0.25) is 0 Å². The van der Waals surface area contributed by atoms with Crippen molar-refractivity contribution in [3.8, 4) is 0 Å². The Hall–Kier alpha value is -2.36. The van der Waals surface area contributed by atoms with Crippen LogP contribution in [0, 0.1) is 0 Å². The van der Waals surface area contributed by atoms with Gasteiger partial charge in [-0.2, -0.15) is 13.2 Å². The van der Waals surface area contributed by atoms with E-state index in [1.54, 1.807) is 0 Å². The molecule has 1 spiro atoms. The van der Waals surface area contributed by atoms with E-state index in [4.69, 9.17) is 9.90 Å². The number of halogens is 3. The molecule has 2 saturated heterocycles. The minimum absolute atomic E-state index is 0.0759. The molecule has 1 aromatic heterocycles. The number of aliphatic carboxylic acids is 1. The van der Waals surface area contributed by atoms with Crippen molar-refractivity contribution < 1.29 is 27.9 Å². The molecule has 1 aromatic rings. The fourth-order valence-corrected chi connectivity index (χ4v) is 3.98. The zero-order valence-electron chi connectivity index (χ0n) is 16.5. The lowest BCUT2D eigenvalue weighted by Gasteiger charge is -2.37. The predicted octanol–water partition coefficient (Wildman–Crippen LogP) is 2.59. The number of carboxylic acids is 1. The number of imidazole rings is 1. The lowest BCUT2D eigenvalue weighted by molar-refractivity contribution is -0.192. The van der Waals surface area contributed by atoms with Gasteiger partial charge in [-0.3, -0.25) is 9.69 Å². The summed E-state index contributed by atoms with van der Waals surface area (Å²) in [4.78, 5) is 29.9. The first-order valence-electron chi connectivity index (χ1n) is 9.48. The quantitative estimate of drug-likeness (QED) is 0.764. The topological polar surface area (TPSA) is 78.7 Å². The summed E-state index contributed by atoms with van der Waals surface area (Å²) >= 11 is 0. The number of amides is 1. The lowest BCUT2D eigenvalue weighted by Crippen LogP contribution is -2.46. The van der Waals surface area contributed by atoms with Crippen molar-refractivity contribution in [2.45, 2.75) is 50.4 Å². The van der Waals surface area contributed by atoms with Gasteiger partial charge in [0.2, 0.25) is 5.91 Å². The van der Waals surface area contributed by atoms with E-state index in [-0.39, 0.29) is 5.54 Å². The molecular formula is C19H27F3N4O3. The van der Waals surface area contributed by atoms with E-state index >= 15 is 0 Å². The number of carboxylic acid groups (broad SMARTS) is 1. The molecule has 0 aliphatic carbocycles. The van der Waals surface area contributed by atoms with Crippen molar-refractivity contribution in [2.24, 2.45) is 7.05 Å². The molecule has 162 valence electrons.